The molecule has 0 amide bonds. The van der Waals surface area contributed by atoms with Crippen LogP contribution in [-0.2, 0) is 0 Å². The van der Waals surface area contributed by atoms with Crippen LogP contribution in [-0.4, -0.2) is 22.4 Å². The Labute approximate surface area is 100 Å². The zero-order valence-electron chi connectivity index (χ0n) is 11.2. The topological polar surface area (TPSA) is 40.5 Å². The van der Waals surface area contributed by atoms with Gasteiger partial charge in [-0.05, 0) is 23.7 Å². The van der Waals surface area contributed by atoms with Gasteiger partial charge >= 0.3 is 0 Å². The molecule has 0 radical (unpaired) electrons. The predicted molar refractivity (Wildman–Crippen MR) is 67.2 cm³/mol. The minimum atomic E-state index is -0.607. The van der Waals surface area contributed by atoms with E-state index >= 15 is 0 Å². The van der Waals surface area contributed by atoms with Crippen molar-refractivity contribution in [1.82, 2.24) is 0 Å². The summed E-state index contributed by atoms with van der Waals surface area (Å²) in [6.45, 7) is 8.17. The van der Waals surface area contributed by atoms with Crippen LogP contribution < -0.4 is 0 Å². The molecule has 2 N–H and O–H groups in total. The molecule has 2 nitrogen and oxygen atoms in total. The average molecular weight is 228 g/mol. The fourth-order valence-corrected chi connectivity index (χ4v) is 2.94. The van der Waals surface area contributed by atoms with Crippen LogP contribution in [0.3, 0.4) is 0 Å². The highest BCUT2D eigenvalue weighted by Gasteiger charge is 2.38. The second-order valence-electron chi connectivity index (χ2n) is 6.42. The maximum Gasteiger partial charge on any atom is 0.0850 e. The predicted octanol–water partition coefficient (Wildman–Crippen LogP) is 2.97. The van der Waals surface area contributed by atoms with E-state index in [4.69, 9.17) is 0 Å². The Morgan fingerprint density at radius 1 is 1.12 bits per heavy atom. The largest absolute Gasteiger partial charge is 0.390 e. The van der Waals surface area contributed by atoms with E-state index in [1.165, 1.54) is 19.3 Å². The van der Waals surface area contributed by atoms with Crippen molar-refractivity contribution in [3.05, 3.63) is 0 Å². The van der Waals surface area contributed by atoms with Crippen molar-refractivity contribution in [2.45, 2.75) is 72.0 Å². The van der Waals surface area contributed by atoms with Crippen molar-refractivity contribution in [1.29, 1.82) is 0 Å². The quantitative estimate of drug-likeness (QED) is 0.779. The molecule has 96 valence electrons. The number of hydrogen-bond donors (Lipinski definition) is 2. The lowest BCUT2D eigenvalue weighted by Crippen LogP contribution is -2.45. The fraction of sp³-hybridized carbons (Fsp3) is 1.00. The van der Waals surface area contributed by atoms with Crippen molar-refractivity contribution < 1.29 is 10.2 Å². The van der Waals surface area contributed by atoms with E-state index in [9.17, 15) is 10.2 Å². The highest BCUT2D eigenvalue weighted by Crippen LogP contribution is 2.38. The molecular formula is C14H28O2. The highest BCUT2D eigenvalue weighted by molar-refractivity contribution is 4.88. The van der Waals surface area contributed by atoms with Gasteiger partial charge in [0.1, 0.15) is 0 Å². The molecule has 0 spiro atoms. The summed E-state index contributed by atoms with van der Waals surface area (Å²) < 4.78 is 0. The third-order valence-electron chi connectivity index (χ3n) is 4.14. The van der Waals surface area contributed by atoms with Gasteiger partial charge in [-0.2, -0.15) is 0 Å². The van der Waals surface area contributed by atoms with Crippen LogP contribution in [0, 0.1) is 17.3 Å². The number of rotatable bonds is 3. The van der Waals surface area contributed by atoms with Crippen LogP contribution in [0.4, 0.5) is 0 Å². The Bertz CT molecular complexity index is 207. The lowest BCUT2D eigenvalue weighted by molar-refractivity contribution is -0.0896. The second-order valence-corrected chi connectivity index (χ2v) is 6.42. The van der Waals surface area contributed by atoms with Gasteiger partial charge < -0.3 is 10.2 Å². The third kappa shape index (κ3) is 3.21. The molecule has 0 aromatic rings. The van der Waals surface area contributed by atoms with Gasteiger partial charge in [0.25, 0.3) is 0 Å². The normalized spacial score (nSPS) is 31.1. The summed E-state index contributed by atoms with van der Waals surface area (Å²) in [7, 11) is 0. The molecule has 1 aliphatic rings. The van der Waals surface area contributed by atoms with E-state index in [0.29, 0.717) is 11.8 Å². The molecule has 1 fully saturated rings. The average Bonchev–Trinajstić information content (AvgIpc) is 2.25. The zero-order valence-corrected chi connectivity index (χ0v) is 11.2. The molecule has 0 aromatic heterocycles. The van der Waals surface area contributed by atoms with E-state index in [1.54, 1.807) is 0 Å². The van der Waals surface area contributed by atoms with Crippen molar-refractivity contribution in [2.24, 2.45) is 17.3 Å². The molecule has 0 heterocycles. The van der Waals surface area contributed by atoms with Gasteiger partial charge in [0.15, 0.2) is 0 Å². The minimum absolute atomic E-state index is 0.227. The summed E-state index contributed by atoms with van der Waals surface area (Å²) in [5.74, 6) is 0.897. The summed E-state index contributed by atoms with van der Waals surface area (Å²) in [5, 5.41) is 20.5. The molecule has 2 heteroatoms. The molecule has 1 aliphatic carbocycles. The summed E-state index contributed by atoms with van der Waals surface area (Å²) in [4.78, 5) is 0. The molecule has 1 saturated carbocycles. The van der Waals surface area contributed by atoms with Gasteiger partial charge in [-0.3, -0.25) is 0 Å². The second kappa shape index (κ2) is 5.50. The van der Waals surface area contributed by atoms with E-state index < -0.39 is 12.2 Å². The molecule has 0 saturated heterocycles. The Morgan fingerprint density at radius 3 is 2.19 bits per heavy atom. The molecule has 4 unspecified atom stereocenters. The standard InChI is InChI=1S/C14H28O2/c1-5-10-8-6-7-9-11(10)12(15)13(16)14(2,3)4/h10-13,15-16H,5-9H2,1-4H3. The van der Waals surface area contributed by atoms with Crippen LogP contribution in [0.2, 0.25) is 0 Å². The summed E-state index contributed by atoms with van der Waals surface area (Å²) >= 11 is 0. The maximum atomic E-state index is 10.3. The van der Waals surface area contributed by atoms with E-state index in [1.807, 2.05) is 20.8 Å². The van der Waals surface area contributed by atoms with Gasteiger partial charge in [0.2, 0.25) is 0 Å². The fourth-order valence-electron chi connectivity index (χ4n) is 2.94. The summed E-state index contributed by atoms with van der Waals surface area (Å²) in [6.07, 6.45) is 4.75. The van der Waals surface area contributed by atoms with Gasteiger partial charge in [-0.1, -0.05) is 53.4 Å². The van der Waals surface area contributed by atoms with E-state index in [2.05, 4.69) is 6.92 Å². The Hall–Kier alpha value is -0.0800. The number of hydrogen-bond acceptors (Lipinski definition) is 2. The van der Waals surface area contributed by atoms with Crippen molar-refractivity contribution in [3.63, 3.8) is 0 Å². The maximum absolute atomic E-state index is 10.3. The molecule has 0 aliphatic heterocycles. The van der Waals surface area contributed by atoms with Gasteiger partial charge in [-0.25, -0.2) is 0 Å². The SMILES string of the molecule is CCC1CCCCC1C(O)C(O)C(C)(C)C. The molecule has 0 bridgehead atoms. The van der Waals surface area contributed by atoms with Crippen LogP contribution in [0.25, 0.3) is 0 Å². The Morgan fingerprint density at radius 2 is 1.69 bits per heavy atom. The number of aliphatic hydroxyl groups is 2. The monoisotopic (exact) mass is 228 g/mol. The van der Waals surface area contributed by atoms with E-state index in [-0.39, 0.29) is 5.41 Å². The zero-order chi connectivity index (χ0) is 12.3. The lowest BCUT2D eigenvalue weighted by atomic mass is 9.70. The number of aliphatic hydroxyl groups excluding tert-OH is 2. The lowest BCUT2D eigenvalue weighted by Gasteiger charge is -2.40. The van der Waals surface area contributed by atoms with Crippen LogP contribution >= 0.6 is 0 Å². The van der Waals surface area contributed by atoms with Crippen molar-refractivity contribution in [3.8, 4) is 0 Å². The summed E-state index contributed by atoms with van der Waals surface area (Å²) in [6, 6.07) is 0. The molecule has 1 rings (SSSR count). The first kappa shape index (κ1) is 14.0. The first-order chi connectivity index (χ1) is 7.38. The first-order valence-electron chi connectivity index (χ1n) is 6.74. The van der Waals surface area contributed by atoms with Gasteiger partial charge in [0.05, 0.1) is 12.2 Å². The van der Waals surface area contributed by atoms with E-state index in [0.717, 1.165) is 12.8 Å². The van der Waals surface area contributed by atoms with Crippen molar-refractivity contribution in [2.75, 3.05) is 0 Å². The first-order valence-corrected chi connectivity index (χ1v) is 6.74. The highest BCUT2D eigenvalue weighted by atomic mass is 16.3. The van der Waals surface area contributed by atoms with Gasteiger partial charge in [0, 0.05) is 0 Å². The minimum Gasteiger partial charge on any atom is -0.390 e. The summed E-state index contributed by atoms with van der Waals surface area (Å²) in [5.41, 5.74) is -0.227. The third-order valence-corrected chi connectivity index (χ3v) is 4.14. The smallest absolute Gasteiger partial charge is 0.0850 e. The molecule has 0 aromatic carbocycles. The van der Waals surface area contributed by atoms with Crippen molar-refractivity contribution >= 4 is 0 Å². The molecule has 4 atom stereocenters. The molecule has 16 heavy (non-hydrogen) atoms. The van der Waals surface area contributed by atoms with Crippen LogP contribution in [0.15, 0.2) is 0 Å². The Balaban J connectivity index is 2.67. The van der Waals surface area contributed by atoms with Gasteiger partial charge in [-0.15, -0.1) is 0 Å². The van der Waals surface area contributed by atoms with Crippen LogP contribution in [0.5, 0.6) is 0 Å². The van der Waals surface area contributed by atoms with Crippen LogP contribution in [0.1, 0.15) is 59.8 Å². The Kier molecular flexibility index (Phi) is 4.81. The molecular weight excluding hydrogens is 200 g/mol.